The number of aliphatic hydroxyl groups is 1. The standard InChI is InChI=1S/C14H15ClOS/c1-14(16,9-8-13-3-2-10-17-13)11-4-6-12(15)7-5-11/h2-7,10,16H,8-9H2,1H3. The molecule has 1 unspecified atom stereocenters. The van der Waals surface area contributed by atoms with E-state index in [0.717, 1.165) is 18.4 Å². The highest BCUT2D eigenvalue weighted by Gasteiger charge is 2.22. The molecule has 1 heterocycles. The van der Waals surface area contributed by atoms with Crippen LogP contribution in [0.3, 0.4) is 0 Å². The smallest absolute Gasteiger partial charge is 0.0872 e. The average Bonchev–Trinajstić information content (AvgIpc) is 2.80. The quantitative estimate of drug-likeness (QED) is 0.878. The Bertz CT molecular complexity index is 459. The third-order valence-electron chi connectivity index (χ3n) is 2.90. The first-order chi connectivity index (χ1) is 8.08. The molecule has 0 aliphatic rings. The molecular weight excluding hydrogens is 252 g/mol. The second kappa shape index (κ2) is 5.21. The average molecular weight is 267 g/mol. The fraction of sp³-hybridized carbons (Fsp3) is 0.286. The Morgan fingerprint density at radius 3 is 2.53 bits per heavy atom. The molecule has 0 spiro atoms. The molecule has 1 aromatic heterocycles. The number of rotatable bonds is 4. The fourth-order valence-corrected chi connectivity index (χ4v) is 2.61. The number of benzene rings is 1. The summed E-state index contributed by atoms with van der Waals surface area (Å²) in [6.45, 7) is 1.85. The third-order valence-corrected chi connectivity index (χ3v) is 4.09. The fourth-order valence-electron chi connectivity index (χ4n) is 1.77. The van der Waals surface area contributed by atoms with E-state index >= 15 is 0 Å². The predicted molar refractivity (Wildman–Crippen MR) is 73.7 cm³/mol. The lowest BCUT2D eigenvalue weighted by molar-refractivity contribution is 0.0483. The summed E-state index contributed by atoms with van der Waals surface area (Å²) in [6.07, 6.45) is 1.61. The number of hydrogen-bond donors (Lipinski definition) is 1. The van der Waals surface area contributed by atoms with Gasteiger partial charge in [-0.1, -0.05) is 29.8 Å². The normalized spacial score (nSPS) is 14.5. The first-order valence-corrected chi connectivity index (χ1v) is 6.84. The third kappa shape index (κ3) is 3.32. The van der Waals surface area contributed by atoms with Crippen LogP contribution in [0.15, 0.2) is 41.8 Å². The van der Waals surface area contributed by atoms with Gasteiger partial charge in [-0.15, -0.1) is 11.3 Å². The lowest BCUT2D eigenvalue weighted by Crippen LogP contribution is -2.21. The summed E-state index contributed by atoms with van der Waals surface area (Å²) < 4.78 is 0. The van der Waals surface area contributed by atoms with Crippen LogP contribution in [-0.4, -0.2) is 5.11 Å². The second-order valence-electron chi connectivity index (χ2n) is 4.36. The first kappa shape index (κ1) is 12.6. The number of aryl methyl sites for hydroxylation is 1. The molecule has 1 aromatic carbocycles. The molecule has 1 N–H and O–H groups in total. The summed E-state index contributed by atoms with van der Waals surface area (Å²) in [4.78, 5) is 1.30. The molecule has 2 aromatic rings. The molecule has 0 saturated heterocycles. The SMILES string of the molecule is CC(O)(CCc1cccs1)c1ccc(Cl)cc1. The van der Waals surface area contributed by atoms with Crippen molar-refractivity contribution >= 4 is 22.9 Å². The Hall–Kier alpha value is -0.830. The minimum atomic E-state index is -0.797. The Morgan fingerprint density at radius 1 is 1.24 bits per heavy atom. The summed E-state index contributed by atoms with van der Waals surface area (Å²) in [5.41, 5.74) is 0.118. The van der Waals surface area contributed by atoms with Crippen LogP contribution in [0.2, 0.25) is 5.02 Å². The van der Waals surface area contributed by atoms with Gasteiger partial charge < -0.3 is 5.11 Å². The first-order valence-electron chi connectivity index (χ1n) is 5.59. The molecule has 17 heavy (non-hydrogen) atoms. The monoisotopic (exact) mass is 266 g/mol. The Labute approximate surface area is 111 Å². The predicted octanol–water partition coefficient (Wildman–Crippen LogP) is 4.24. The van der Waals surface area contributed by atoms with Crippen LogP contribution in [-0.2, 0) is 12.0 Å². The van der Waals surface area contributed by atoms with Crippen molar-refractivity contribution in [3.8, 4) is 0 Å². The summed E-state index contributed by atoms with van der Waals surface area (Å²) in [6, 6.07) is 11.5. The zero-order chi connectivity index (χ0) is 12.3. The van der Waals surface area contributed by atoms with Crippen LogP contribution >= 0.6 is 22.9 Å². The summed E-state index contributed by atoms with van der Waals surface area (Å²) in [7, 11) is 0. The lowest BCUT2D eigenvalue weighted by atomic mass is 9.91. The maximum atomic E-state index is 10.4. The molecule has 90 valence electrons. The molecule has 1 nitrogen and oxygen atoms in total. The van der Waals surface area contributed by atoms with Crippen molar-refractivity contribution in [1.29, 1.82) is 0 Å². The van der Waals surface area contributed by atoms with Gasteiger partial charge in [0.15, 0.2) is 0 Å². The van der Waals surface area contributed by atoms with Crippen LogP contribution in [0.25, 0.3) is 0 Å². The number of thiophene rings is 1. The van der Waals surface area contributed by atoms with E-state index in [2.05, 4.69) is 11.4 Å². The van der Waals surface area contributed by atoms with E-state index in [-0.39, 0.29) is 0 Å². The van der Waals surface area contributed by atoms with Gasteiger partial charge in [0.05, 0.1) is 5.60 Å². The van der Waals surface area contributed by atoms with Gasteiger partial charge in [0.1, 0.15) is 0 Å². The summed E-state index contributed by atoms with van der Waals surface area (Å²) in [5, 5.41) is 13.2. The van der Waals surface area contributed by atoms with Crippen molar-refractivity contribution in [3.05, 3.63) is 57.2 Å². The van der Waals surface area contributed by atoms with E-state index in [1.807, 2.05) is 37.3 Å². The summed E-state index contributed by atoms with van der Waals surface area (Å²) >= 11 is 7.57. The molecule has 0 aliphatic carbocycles. The van der Waals surface area contributed by atoms with Gasteiger partial charge in [0.2, 0.25) is 0 Å². The maximum Gasteiger partial charge on any atom is 0.0872 e. The van der Waals surface area contributed by atoms with Crippen LogP contribution < -0.4 is 0 Å². The van der Waals surface area contributed by atoms with Crippen molar-refractivity contribution in [2.24, 2.45) is 0 Å². The van der Waals surface area contributed by atoms with E-state index < -0.39 is 5.60 Å². The largest absolute Gasteiger partial charge is 0.385 e. The highest BCUT2D eigenvalue weighted by molar-refractivity contribution is 7.09. The second-order valence-corrected chi connectivity index (χ2v) is 5.83. The lowest BCUT2D eigenvalue weighted by Gasteiger charge is -2.23. The van der Waals surface area contributed by atoms with Crippen molar-refractivity contribution < 1.29 is 5.11 Å². The van der Waals surface area contributed by atoms with Gasteiger partial charge in [0.25, 0.3) is 0 Å². The van der Waals surface area contributed by atoms with Crippen molar-refractivity contribution in [3.63, 3.8) is 0 Å². The van der Waals surface area contributed by atoms with Crippen LogP contribution in [0, 0.1) is 0 Å². The van der Waals surface area contributed by atoms with E-state index in [1.54, 1.807) is 11.3 Å². The minimum Gasteiger partial charge on any atom is -0.385 e. The molecule has 0 radical (unpaired) electrons. The number of halogens is 1. The summed E-state index contributed by atoms with van der Waals surface area (Å²) in [5.74, 6) is 0. The van der Waals surface area contributed by atoms with Gasteiger partial charge in [-0.25, -0.2) is 0 Å². The van der Waals surface area contributed by atoms with Crippen LogP contribution in [0.4, 0.5) is 0 Å². The molecule has 0 aliphatic heterocycles. The molecule has 0 amide bonds. The van der Waals surface area contributed by atoms with Gasteiger partial charge in [0, 0.05) is 9.90 Å². The Balaban J connectivity index is 2.05. The minimum absolute atomic E-state index is 0.697. The zero-order valence-corrected chi connectivity index (χ0v) is 11.3. The van der Waals surface area contributed by atoms with Gasteiger partial charge in [-0.05, 0) is 48.9 Å². The molecule has 0 bridgehead atoms. The highest BCUT2D eigenvalue weighted by Crippen LogP contribution is 2.28. The zero-order valence-electron chi connectivity index (χ0n) is 9.69. The van der Waals surface area contributed by atoms with Gasteiger partial charge in [-0.3, -0.25) is 0 Å². The van der Waals surface area contributed by atoms with E-state index in [9.17, 15) is 5.11 Å². The molecule has 3 heteroatoms. The molecule has 1 atom stereocenters. The van der Waals surface area contributed by atoms with E-state index in [0.29, 0.717) is 5.02 Å². The van der Waals surface area contributed by atoms with Crippen LogP contribution in [0.5, 0.6) is 0 Å². The van der Waals surface area contributed by atoms with E-state index in [4.69, 9.17) is 11.6 Å². The Kier molecular flexibility index (Phi) is 3.87. The van der Waals surface area contributed by atoms with E-state index in [1.165, 1.54) is 4.88 Å². The van der Waals surface area contributed by atoms with Gasteiger partial charge in [-0.2, -0.15) is 0 Å². The molecular formula is C14H15ClOS. The molecule has 0 saturated carbocycles. The van der Waals surface area contributed by atoms with Crippen LogP contribution in [0.1, 0.15) is 23.8 Å². The van der Waals surface area contributed by atoms with Gasteiger partial charge >= 0.3 is 0 Å². The maximum absolute atomic E-state index is 10.4. The van der Waals surface area contributed by atoms with Crippen molar-refractivity contribution in [1.82, 2.24) is 0 Å². The number of hydrogen-bond acceptors (Lipinski definition) is 2. The molecule has 0 fully saturated rings. The topological polar surface area (TPSA) is 20.2 Å². The highest BCUT2D eigenvalue weighted by atomic mass is 35.5. The van der Waals surface area contributed by atoms with Crippen molar-refractivity contribution in [2.45, 2.75) is 25.4 Å². The Morgan fingerprint density at radius 2 is 1.94 bits per heavy atom. The van der Waals surface area contributed by atoms with Crippen molar-refractivity contribution in [2.75, 3.05) is 0 Å². The molecule has 2 rings (SSSR count).